The van der Waals surface area contributed by atoms with Crippen molar-refractivity contribution in [3.05, 3.63) is 41.3 Å². The minimum absolute atomic E-state index is 0.0814. The Labute approximate surface area is 148 Å². The lowest BCUT2D eigenvalue weighted by Crippen LogP contribution is -2.45. The van der Waals surface area contributed by atoms with Crippen molar-refractivity contribution in [2.75, 3.05) is 18.4 Å². The lowest BCUT2D eigenvalue weighted by Gasteiger charge is -2.30. The average molecular weight is 358 g/mol. The first kappa shape index (κ1) is 15.6. The fourth-order valence-corrected chi connectivity index (χ4v) is 4.99. The van der Waals surface area contributed by atoms with Crippen LogP contribution in [0.5, 0.6) is 0 Å². The Morgan fingerprint density at radius 3 is 2.88 bits per heavy atom. The first-order valence-electron chi connectivity index (χ1n) is 7.96. The van der Waals surface area contributed by atoms with Gasteiger partial charge in [0, 0.05) is 24.8 Å². The SMILES string of the molecule is NC1CCCN(C(=O)c2cc3sc(Nc4ccccc4)nc3s2)C1. The van der Waals surface area contributed by atoms with E-state index in [0.29, 0.717) is 6.54 Å². The molecule has 4 rings (SSSR count). The summed E-state index contributed by atoms with van der Waals surface area (Å²) in [5.74, 6) is 0.0814. The van der Waals surface area contributed by atoms with Crippen molar-refractivity contribution in [2.45, 2.75) is 18.9 Å². The molecule has 1 aliphatic rings. The molecule has 0 bridgehead atoms. The van der Waals surface area contributed by atoms with Gasteiger partial charge in [0.05, 0.1) is 9.58 Å². The van der Waals surface area contributed by atoms with Crippen molar-refractivity contribution in [1.29, 1.82) is 0 Å². The summed E-state index contributed by atoms with van der Waals surface area (Å²) in [6.07, 6.45) is 1.98. The van der Waals surface area contributed by atoms with Crippen LogP contribution in [0.3, 0.4) is 0 Å². The number of amides is 1. The lowest BCUT2D eigenvalue weighted by molar-refractivity contribution is 0.0714. The number of benzene rings is 1. The largest absolute Gasteiger partial charge is 0.336 e. The Hall–Kier alpha value is -1.96. The summed E-state index contributed by atoms with van der Waals surface area (Å²) >= 11 is 3.03. The number of aromatic nitrogens is 1. The van der Waals surface area contributed by atoms with Gasteiger partial charge in [-0.25, -0.2) is 4.98 Å². The molecule has 5 nitrogen and oxygen atoms in total. The zero-order valence-electron chi connectivity index (χ0n) is 13.1. The predicted octanol–water partition coefficient (Wildman–Crippen LogP) is 3.66. The van der Waals surface area contributed by atoms with Gasteiger partial charge in [-0.1, -0.05) is 29.5 Å². The minimum atomic E-state index is 0.0814. The first-order chi connectivity index (χ1) is 11.7. The molecule has 0 saturated carbocycles. The van der Waals surface area contributed by atoms with Gasteiger partial charge in [0.1, 0.15) is 4.83 Å². The third-order valence-corrected chi connectivity index (χ3v) is 6.13. The van der Waals surface area contributed by atoms with Gasteiger partial charge in [-0.05, 0) is 31.0 Å². The van der Waals surface area contributed by atoms with E-state index in [9.17, 15) is 4.79 Å². The first-order valence-corrected chi connectivity index (χ1v) is 9.59. The number of hydrogen-bond acceptors (Lipinski definition) is 6. The zero-order chi connectivity index (χ0) is 16.5. The standard InChI is InChI=1S/C17H18N4OS2/c18-11-5-4-8-21(10-11)16(22)14-9-13-15(23-14)20-17(24-13)19-12-6-2-1-3-7-12/h1-3,6-7,9,11H,4-5,8,10,18H2,(H,19,20). The van der Waals surface area contributed by atoms with Crippen molar-refractivity contribution >= 4 is 48.9 Å². The Kier molecular flexibility index (Phi) is 4.22. The topological polar surface area (TPSA) is 71.2 Å². The molecule has 1 unspecified atom stereocenters. The number of carbonyl (C=O) groups excluding carboxylic acids is 1. The van der Waals surface area contributed by atoms with E-state index in [0.717, 1.165) is 44.6 Å². The molecule has 0 aliphatic carbocycles. The number of rotatable bonds is 3. The van der Waals surface area contributed by atoms with Gasteiger partial charge < -0.3 is 16.0 Å². The van der Waals surface area contributed by atoms with Crippen LogP contribution in [0.25, 0.3) is 9.53 Å². The van der Waals surface area contributed by atoms with E-state index in [-0.39, 0.29) is 11.9 Å². The van der Waals surface area contributed by atoms with E-state index < -0.39 is 0 Å². The van der Waals surface area contributed by atoms with Crippen molar-refractivity contribution < 1.29 is 4.79 Å². The number of fused-ring (bicyclic) bond motifs is 1. The highest BCUT2D eigenvalue weighted by atomic mass is 32.1. The van der Waals surface area contributed by atoms with Gasteiger partial charge in [-0.15, -0.1) is 11.3 Å². The predicted molar refractivity (Wildman–Crippen MR) is 100 cm³/mol. The third kappa shape index (κ3) is 3.15. The van der Waals surface area contributed by atoms with Crippen LogP contribution in [0.2, 0.25) is 0 Å². The number of nitrogens with two attached hydrogens (primary N) is 1. The van der Waals surface area contributed by atoms with E-state index in [1.165, 1.54) is 11.3 Å². The summed E-state index contributed by atoms with van der Waals surface area (Å²) in [6, 6.07) is 12.0. The van der Waals surface area contributed by atoms with E-state index in [2.05, 4.69) is 10.3 Å². The second kappa shape index (κ2) is 6.51. The molecule has 0 radical (unpaired) electrons. The van der Waals surface area contributed by atoms with E-state index in [1.54, 1.807) is 11.3 Å². The molecule has 7 heteroatoms. The van der Waals surface area contributed by atoms with Crippen molar-refractivity contribution in [3.63, 3.8) is 0 Å². The quantitative estimate of drug-likeness (QED) is 0.749. The van der Waals surface area contributed by atoms with Crippen LogP contribution in [-0.4, -0.2) is 34.9 Å². The molecule has 0 spiro atoms. The zero-order valence-corrected chi connectivity index (χ0v) is 14.7. The number of nitrogens with zero attached hydrogens (tertiary/aromatic N) is 2. The van der Waals surface area contributed by atoms with Crippen LogP contribution < -0.4 is 11.1 Å². The second-order valence-corrected chi connectivity index (χ2v) is 8.00. The normalized spacial score (nSPS) is 18.0. The summed E-state index contributed by atoms with van der Waals surface area (Å²) < 4.78 is 1.04. The molecule has 1 aliphatic heterocycles. The number of hydrogen-bond donors (Lipinski definition) is 2. The van der Waals surface area contributed by atoms with Crippen molar-refractivity contribution in [2.24, 2.45) is 5.73 Å². The number of likely N-dealkylation sites (tertiary alicyclic amines) is 1. The van der Waals surface area contributed by atoms with Crippen LogP contribution in [-0.2, 0) is 0 Å². The Morgan fingerprint density at radius 2 is 2.12 bits per heavy atom. The Bertz CT molecular complexity index is 826. The molecule has 1 fully saturated rings. The summed E-state index contributed by atoms with van der Waals surface area (Å²) in [6.45, 7) is 1.45. The van der Waals surface area contributed by atoms with Crippen LogP contribution in [0.1, 0.15) is 22.5 Å². The average Bonchev–Trinajstić information content (AvgIpc) is 3.13. The maximum absolute atomic E-state index is 12.6. The molecule has 124 valence electrons. The fraction of sp³-hybridized carbons (Fsp3) is 0.294. The molecule has 2 aromatic heterocycles. The van der Waals surface area contributed by atoms with E-state index >= 15 is 0 Å². The van der Waals surface area contributed by atoms with Crippen molar-refractivity contribution in [1.82, 2.24) is 9.88 Å². The highest BCUT2D eigenvalue weighted by Gasteiger charge is 2.24. The maximum Gasteiger partial charge on any atom is 0.264 e. The second-order valence-electron chi connectivity index (χ2n) is 5.94. The number of thiazole rings is 1. The van der Waals surface area contributed by atoms with Gasteiger partial charge in [-0.2, -0.15) is 0 Å². The molecule has 3 N–H and O–H groups in total. The summed E-state index contributed by atoms with van der Waals surface area (Å²) in [7, 11) is 0. The summed E-state index contributed by atoms with van der Waals surface area (Å²) in [5, 5.41) is 4.15. The monoisotopic (exact) mass is 358 g/mol. The van der Waals surface area contributed by atoms with Crippen LogP contribution >= 0.6 is 22.7 Å². The molecular formula is C17H18N4OS2. The molecule has 24 heavy (non-hydrogen) atoms. The van der Waals surface area contributed by atoms with E-state index in [4.69, 9.17) is 5.73 Å². The van der Waals surface area contributed by atoms with Crippen LogP contribution in [0, 0.1) is 0 Å². The number of nitrogens with one attached hydrogen (secondary N) is 1. The van der Waals surface area contributed by atoms with Gasteiger partial charge in [0.25, 0.3) is 5.91 Å². The van der Waals surface area contributed by atoms with Crippen LogP contribution in [0.4, 0.5) is 10.8 Å². The van der Waals surface area contributed by atoms with Crippen LogP contribution in [0.15, 0.2) is 36.4 Å². The molecular weight excluding hydrogens is 340 g/mol. The Morgan fingerprint density at radius 1 is 1.29 bits per heavy atom. The third-order valence-electron chi connectivity index (χ3n) is 4.07. The number of piperidine rings is 1. The summed E-state index contributed by atoms with van der Waals surface area (Å²) in [4.78, 5) is 20.8. The summed E-state index contributed by atoms with van der Waals surface area (Å²) in [5.41, 5.74) is 6.99. The highest BCUT2D eigenvalue weighted by molar-refractivity contribution is 7.29. The fourth-order valence-electron chi connectivity index (χ4n) is 2.89. The number of anilines is 2. The molecule has 1 atom stereocenters. The van der Waals surface area contributed by atoms with Gasteiger partial charge >= 0.3 is 0 Å². The number of carbonyl (C=O) groups is 1. The molecule has 3 aromatic rings. The molecule has 1 saturated heterocycles. The van der Waals surface area contributed by atoms with Gasteiger partial charge in [-0.3, -0.25) is 4.79 Å². The smallest absolute Gasteiger partial charge is 0.264 e. The number of para-hydroxylation sites is 1. The number of thiophene rings is 1. The van der Waals surface area contributed by atoms with Crippen molar-refractivity contribution in [3.8, 4) is 0 Å². The van der Waals surface area contributed by atoms with Gasteiger partial charge in [0.2, 0.25) is 0 Å². The van der Waals surface area contributed by atoms with Gasteiger partial charge in [0.15, 0.2) is 5.13 Å². The minimum Gasteiger partial charge on any atom is -0.336 e. The molecule has 3 heterocycles. The molecule has 1 amide bonds. The maximum atomic E-state index is 12.6. The lowest BCUT2D eigenvalue weighted by atomic mass is 10.1. The molecule has 1 aromatic carbocycles. The Balaban J connectivity index is 1.52. The highest BCUT2D eigenvalue weighted by Crippen LogP contribution is 2.34. The van der Waals surface area contributed by atoms with E-state index in [1.807, 2.05) is 41.3 Å².